The summed E-state index contributed by atoms with van der Waals surface area (Å²) in [6.45, 7) is 1.11. The number of halogens is 3. The van der Waals surface area contributed by atoms with Gasteiger partial charge in [0.1, 0.15) is 0 Å². The van der Waals surface area contributed by atoms with Gasteiger partial charge in [0.25, 0.3) is 0 Å². The summed E-state index contributed by atoms with van der Waals surface area (Å²) in [6, 6.07) is 9.98. The zero-order chi connectivity index (χ0) is 21.6. The summed E-state index contributed by atoms with van der Waals surface area (Å²) in [7, 11) is 0. The molecule has 3 aliphatic rings. The van der Waals surface area contributed by atoms with Crippen LogP contribution in [0.15, 0.2) is 42.7 Å². The number of aromatic nitrogens is 1. The third kappa shape index (κ3) is 4.70. The van der Waals surface area contributed by atoms with E-state index in [-0.39, 0.29) is 11.9 Å². The summed E-state index contributed by atoms with van der Waals surface area (Å²) < 4.78 is 38.8. The van der Waals surface area contributed by atoms with Crippen molar-refractivity contribution in [2.75, 3.05) is 18.0 Å². The number of carbonyl (C=O) groups is 1. The minimum Gasteiger partial charge on any atom is -0.368 e. The molecule has 2 heterocycles. The van der Waals surface area contributed by atoms with E-state index in [1.54, 1.807) is 0 Å². The Kier molecular flexibility index (Phi) is 5.15. The quantitative estimate of drug-likeness (QED) is 0.713. The summed E-state index contributed by atoms with van der Waals surface area (Å²) in [5.74, 6) is 1.65. The molecular formula is C24H26F3N3O. The second-order valence-corrected chi connectivity index (χ2v) is 9.18. The van der Waals surface area contributed by atoms with Crippen LogP contribution < -0.4 is 10.2 Å². The number of nitrogens with one attached hydrogen (secondary N) is 1. The SMILES string of the molecule is O=C(C[C@@H]1C[C@H]1c1ccc(C2CC2)cc1)N[C@@H]1CCN(c2cncc(C(F)(F)F)c2)C1. The maximum Gasteiger partial charge on any atom is 0.417 e. The van der Waals surface area contributed by atoms with Crippen molar-refractivity contribution in [2.24, 2.45) is 5.92 Å². The van der Waals surface area contributed by atoms with Gasteiger partial charge in [0.05, 0.1) is 17.4 Å². The summed E-state index contributed by atoms with van der Waals surface area (Å²) >= 11 is 0. The summed E-state index contributed by atoms with van der Waals surface area (Å²) in [5.41, 5.74) is 2.46. The van der Waals surface area contributed by atoms with Crippen molar-refractivity contribution in [3.05, 3.63) is 59.4 Å². The topological polar surface area (TPSA) is 45.2 Å². The molecule has 1 aromatic carbocycles. The fourth-order valence-electron chi connectivity index (χ4n) is 4.71. The molecule has 0 bridgehead atoms. The van der Waals surface area contributed by atoms with E-state index in [1.807, 2.05) is 4.90 Å². The van der Waals surface area contributed by atoms with Gasteiger partial charge in [0.15, 0.2) is 0 Å². The van der Waals surface area contributed by atoms with Gasteiger partial charge in [0, 0.05) is 31.7 Å². The molecule has 31 heavy (non-hydrogen) atoms. The number of benzene rings is 1. The smallest absolute Gasteiger partial charge is 0.368 e. The number of hydrogen-bond acceptors (Lipinski definition) is 3. The molecule has 7 heteroatoms. The average Bonchev–Trinajstić information content (AvgIpc) is 3.66. The molecule has 3 fully saturated rings. The van der Waals surface area contributed by atoms with E-state index < -0.39 is 11.7 Å². The first-order valence-corrected chi connectivity index (χ1v) is 11.0. The highest BCUT2D eigenvalue weighted by atomic mass is 19.4. The first-order valence-electron chi connectivity index (χ1n) is 11.0. The van der Waals surface area contributed by atoms with E-state index >= 15 is 0 Å². The number of amides is 1. The van der Waals surface area contributed by atoms with E-state index in [1.165, 1.54) is 30.2 Å². The van der Waals surface area contributed by atoms with E-state index in [0.717, 1.165) is 31.0 Å². The zero-order valence-electron chi connectivity index (χ0n) is 17.2. The Morgan fingerprint density at radius 3 is 2.55 bits per heavy atom. The van der Waals surface area contributed by atoms with E-state index in [9.17, 15) is 18.0 Å². The first-order chi connectivity index (χ1) is 14.9. The first kappa shape index (κ1) is 20.3. The molecule has 2 aromatic rings. The van der Waals surface area contributed by atoms with Crippen LogP contribution in [0, 0.1) is 5.92 Å². The van der Waals surface area contributed by atoms with E-state index in [4.69, 9.17) is 0 Å². The molecule has 0 unspecified atom stereocenters. The monoisotopic (exact) mass is 429 g/mol. The molecule has 4 nitrogen and oxygen atoms in total. The molecule has 3 atom stereocenters. The minimum absolute atomic E-state index is 0.0381. The minimum atomic E-state index is -4.41. The van der Waals surface area contributed by atoms with Gasteiger partial charge in [-0.15, -0.1) is 0 Å². The lowest BCUT2D eigenvalue weighted by atomic mass is 10.0. The van der Waals surface area contributed by atoms with Crippen LogP contribution in [0.25, 0.3) is 0 Å². The molecule has 1 saturated heterocycles. The number of alkyl halides is 3. The molecule has 2 saturated carbocycles. The Labute approximate surface area is 179 Å². The summed E-state index contributed by atoms with van der Waals surface area (Å²) in [5, 5.41) is 3.08. The third-order valence-electron chi connectivity index (χ3n) is 6.75. The molecule has 0 radical (unpaired) electrons. The van der Waals surface area contributed by atoms with Crippen molar-refractivity contribution >= 4 is 11.6 Å². The van der Waals surface area contributed by atoms with Gasteiger partial charge in [0.2, 0.25) is 5.91 Å². The second-order valence-electron chi connectivity index (χ2n) is 9.18. The molecule has 164 valence electrons. The number of hydrogen-bond donors (Lipinski definition) is 1. The van der Waals surface area contributed by atoms with Crippen molar-refractivity contribution in [2.45, 2.75) is 56.2 Å². The number of pyridine rings is 1. The Bertz CT molecular complexity index is 955. The van der Waals surface area contributed by atoms with E-state index in [2.05, 4.69) is 34.6 Å². The van der Waals surface area contributed by atoms with Gasteiger partial charge in [-0.2, -0.15) is 13.2 Å². The standard InChI is InChI=1S/C24H26F3N3O/c25-24(26,27)19-11-21(13-28-12-19)30-8-7-20(14-30)29-23(31)10-18-9-22(18)17-5-3-16(4-6-17)15-1-2-15/h3-6,11-13,15,18,20,22H,1-2,7-10,14H2,(H,29,31)/t18-,20+,22-/m0/s1. The van der Waals surface area contributed by atoms with Gasteiger partial charge in [-0.3, -0.25) is 9.78 Å². The van der Waals surface area contributed by atoms with Crippen molar-refractivity contribution in [3.8, 4) is 0 Å². The number of rotatable bonds is 6. The average molecular weight is 429 g/mol. The maximum absolute atomic E-state index is 12.9. The molecule has 5 rings (SSSR count). The van der Waals surface area contributed by atoms with Crippen LogP contribution >= 0.6 is 0 Å². The Balaban J connectivity index is 1.10. The maximum atomic E-state index is 12.9. The number of anilines is 1. The van der Waals surface area contributed by atoms with Crippen LogP contribution in [0.3, 0.4) is 0 Å². The van der Waals surface area contributed by atoms with Crippen LogP contribution in [0.4, 0.5) is 18.9 Å². The molecule has 1 aliphatic heterocycles. The lowest BCUT2D eigenvalue weighted by molar-refractivity contribution is -0.137. The molecule has 2 aliphatic carbocycles. The van der Waals surface area contributed by atoms with Crippen LogP contribution in [-0.4, -0.2) is 30.0 Å². The highest BCUT2D eigenvalue weighted by Gasteiger charge is 2.40. The third-order valence-corrected chi connectivity index (χ3v) is 6.75. The van der Waals surface area contributed by atoms with E-state index in [0.29, 0.717) is 37.0 Å². The van der Waals surface area contributed by atoms with Crippen molar-refractivity contribution in [1.29, 1.82) is 0 Å². The lowest BCUT2D eigenvalue weighted by Crippen LogP contribution is -2.37. The highest BCUT2D eigenvalue weighted by Crippen LogP contribution is 2.50. The predicted molar refractivity (Wildman–Crippen MR) is 112 cm³/mol. The highest BCUT2D eigenvalue weighted by molar-refractivity contribution is 5.77. The largest absolute Gasteiger partial charge is 0.417 e. The van der Waals surface area contributed by atoms with Gasteiger partial charge in [-0.1, -0.05) is 24.3 Å². The fraction of sp³-hybridized carbons (Fsp3) is 0.500. The van der Waals surface area contributed by atoms with Gasteiger partial charge < -0.3 is 10.2 Å². The lowest BCUT2D eigenvalue weighted by Gasteiger charge is -2.20. The summed E-state index contributed by atoms with van der Waals surface area (Å²) in [4.78, 5) is 18.1. The second kappa shape index (κ2) is 7.84. The summed E-state index contributed by atoms with van der Waals surface area (Å²) in [6.07, 6.45) is 2.75. The van der Waals surface area contributed by atoms with Gasteiger partial charge in [-0.25, -0.2) is 0 Å². The Morgan fingerprint density at radius 2 is 1.84 bits per heavy atom. The van der Waals surface area contributed by atoms with Crippen LogP contribution in [0.2, 0.25) is 0 Å². The van der Waals surface area contributed by atoms with Crippen LogP contribution in [-0.2, 0) is 11.0 Å². The van der Waals surface area contributed by atoms with Crippen molar-refractivity contribution in [3.63, 3.8) is 0 Å². The Hall–Kier alpha value is -2.57. The van der Waals surface area contributed by atoms with Gasteiger partial charge >= 0.3 is 6.18 Å². The molecule has 0 spiro atoms. The van der Waals surface area contributed by atoms with Crippen LogP contribution in [0.5, 0.6) is 0 Å². The molecule has 1 N–H and O–H groups in total. The number of nitrogens with zero attached hydrogens (tertiary/aromatic N) is 2. The molecule has 1 amide bonds. The normalized spacial score (nSPS) is 25.5. The van der Waals surface area contributed by atoms with Crippen molar-refractivity contribution < 1.29 is 18.0 Å². The molecular weight excluding hydrogens is 403 g/mol. The van der Waals surface area contributed by atoms with Crippen molar-refractivity contribution in [1.82, 2.24) is 10.3 Å². The molecule has 1 aromatic heterocycles. The number of carbonyl (C=O) groups excluding carboxylic acids is 1. The fourth-order valence-corrected chi connectivity index (χ4v) is 4.71. The van der Waals surface area contributed by atoms with Crippen LogP contribution in [0.1, 0.15) is 60.6 Å². The zero-order valence-corrected chi connectivity index (χ0v) is 17.2. The predicted octanol–water partition coefficient (Wildman–Crippen LogP) is 4.87. The Morgan fingerprint density at radius 1 is 1.10 bits per heavy atom. The van der Waals surface area contributed by atoms with Gasteiger partial charge in [-0.05, 0) is 60.6 Å².